The molecule has 0 N–H and O–H groups in total. The van der Waals surface area contributed by atoms with E-state index in [4.69, 9.17) is 9.25 Å². The summed E-state index contributed by atoms with van der Waals surface area (Å²) < 4.78 is 5.60. The van der Waals surface area contributed by atoms with Gasteiger partial charge in [0.1, 0.15) is 17.7 Å². The molecule has 2 aromatic carbocycles. The largest absolute Gasteiger partial charge is 0.467 e. The first-order chi connectivity index (χ1) is 13.3. The van der Waals surface area contributed by atoms with Gasteiger partial charge in [0.25, 0.3) is 5.91 Å². The Hall–Kier alpha value is -3.38. The predicted octanol–water partition coefficient (Wildman–Crippen LogP) is 3.33. The Labute approximate surface area is 155 Å². The van der Waals surface area contributed by atoms with E-state index in [1.54, 1.807) is 47.7 Å². The van der Waals surface area contributed by atoms with Gasteiger partial charge in [0.15, 0.2) is 6.10 Å². The van der Waals surface area contributed by atoms with Crippen molar-refractivity contribution in [3.8, 4) is 0 Å². The molecule has 6 heteroatoms. The Morgan fingerprint density at radius 2 is 1.41 bits per heavy atom. The molecule has 0 bridgehead atoms. The number of imide groups is 1. The lowest BCUT2D eigenvalue weighted by molar-refractivity contribution is -0.126. The van der Waals surface area contributed by atoms with Crippen LogP contribution in [0.15, 0.2) is 83.5 Å². The van der Waals surface area contributed by atoms with Crippen molar-refractivity contribution in [1.29, 1.82) is 0 Å². The SMILES string of the molecule is O=C1[C@@H]2[C@H](ON(c3ccccc3)[C@@H]2c2ccco2)C(=O)N1c1ccccc1. The molecule has 5 rings (SSSR count). The molecule has 3 aromatic rings. The van der Waals surface area contributed by atoms with Gasteiger partial charge >= 0.3 is 0 Å². The Kier molecular flexibility index (Phi) is 3.58. The molecule has 0 radical (unpaired) electrons. The fourth-order valence-electron chi connectivity index (χ4n) is 3.79. The molecule has 0 spiro atoms. The van der Waals surface area contributed by atoms with Crippen LogP contribution in [0.1, 0.15) is 11.8 Å². The number of furan rings is 1. The smallest absolute Gasteiger partial charge is 0.266 e. The first-order valence-corrected chi connectivity index (χ1v) is 8.73. The van der Waals surface area contributed by atoms with Crippen LogP contribution >= 0.6 is 0 Å². The van der Waals surface area contributed by atoms with E-state index < -0.39 is 18.1 Å². The van der Waals surface area contributed by atoms with E-state index in [0.29, 0.717) is 11.4 Å². The molecule has 0 unspecified atom stereocenters. The number of hydrogen-bond donors (Lipinski definition) is 0. The van der Waals surface area contributed by atoms with Crippen molar-refractivity contribution < 1.29 is 18.8 Å². The Morgan fingerprint density at radius 3 is 2.04 bits per heavy atom. The summed E-state index contributed by atoms with van der Waals surface area (Å²) in [5, 5.41) is 1.62. The first kappa shape index (κ1) is 15.8. The highest BCUT2D eigenvalue weighted by Gasteiger charge is 2.61. The minimum Gasteiger partial charge on any atom is -0.467 e. The Morgan fingerprint density at radius 1 is 0.741 bits per heavy atom. The molecule has 2 aliphatic heterocycles. The molecular weight excluding hydrogens is 344 g/mol. The predicted molar refractivity (Wildman–Crippen MR) is 97.7 cm³/mol. The number of carbonyl (C=O) groups is 2. The molecule has 2 fully saturated rings. The van der Waals surface area contributed by atoms with Crippen molar-refractivity contribution in [2.75, 3.05) is 9.96 Å². The highest BCUT2D eigenvalue weighted by Crippen LogP contribution is 2.47. The van der Waals surface area contributed by atoms with Crippen molar-refractivity contribution in [2.45, 2.75) is 12.1 Å². The normalized spacial score (nSPS) is 24.5. The minimum absolute atomic E-state index is 0.281. The molecule has 1 aromatic heterocycles. The number of para-hydroxylation sites is 2. The molecule has 0 aliphatic carbocycles. The number of nitrogens with zero attached hydrogens (tertiary/aromatic N) is 2. The summed E-state index contributed by atoms with van der Waals surface area (Å²) in [5.41, 5.74) is 1.31. The highest BCUT2D eigenvalue weighted by molar-refractivity contribution is 6.23. The summed E-state index contributed by atoms with van der Waals surface area (Å²) in [7, 11) is 0. The third-order valence-electron chi connectivity index (χ3n) is 4.98. The van der Waals surface area contributed by atoms with Gasteiger partial charge < -0.3 is 4.42 Å². The van der Waals surface area contributed by atoms with Crippen molar-refractivity contribution in [1.82, 2.24) is 0 Å². The number of fused-ring (bicyclic) bond motifs is 1. The van der Waals surface area contributed by atoms with E-state index in [1.165, 1.54) is 4.90 Å². The number of hydrogen-bond acceptors (Lipinski definition) is 5. The van der Waals surface area contributed by atoms with E-state index in [0.717, 1.165) is 5.69 Å². The lowest BCUT2D eigenvalue weighted by Gasteiger charge is -2.27. The summed E-state index contributed by atoms with van der Waals surface area (Å²) >= 11 is 0. The molecule has 134 valence electrons. The second kappa shape index (κ2) is 6.10. The van der Waals surface area contributed by atoms with Gasteiger partial charge in [0.2, 0.25) is 5.91 Å². The molecule has 2 aliphatic rings. The number of benzene rings is 2. The quantitative estimate of drug-likeness (QED) is 0.671. The molecule has 3 heterocycles. The van der Waals surface area contributed by atoms with Crippen LogP contribution in [-0.4, -0.2) is 17.9 Å². The summed E-state index contributed by atoms with van der Waals surface area (Å²) in [6, 6.07) is 21.4. The number of carbonyl (C=O) groups excluding carboxylic acids is 2. The zero-order valence-electron chi connectivity index (χ0n) is 14.3. The average Bonchev–Trinajstić information content (AvgIpc) is 3.41. The van der Waals surface area contributed by atoms with Gasteiger partial charge in [0.05, 0.1) is 17.6 Å². The third-order valence-corrected chi connectivity index (χ3v) is 4.98. The zero-order valence-corrected chi connectivity index (χ0v) is 14.3. The van der Waals surface area contributed by atoms with Crippen LogP contribution in [-0.2, 0) is 14.4 Å². The van der Waals surface area contributed by atoms with Crippen molar-refractivity contribution in [2.24, 2.45) is 5.92 Å². The zero-order chi connectivity index (χ0) is 18.4. The van der Waals surface area contributed by atoms with Crippen LogP contribution in [0.25, 0.3) is 0 Å². The van der Waals surface area contributed by atoms with Gasteiger partial charge in [-0.25, -0.2) is 9.96 Å². The van der Waals surface area contributed by atoms with Crippen LogP contribution in [0.3, 0.4) is 0 Å². The molecular formula is C21H16N2O4. The second-order valence-corrected chi connectivity index (χ2v) is 6.52. The van der Waals surface area contributed by atoms with Gasteiger partial charge in [-0.15, -0.1) is 0 Å². The fraction of sp³-hybridized carbons (Fsp3) is 0.143. The van der Waals surface area contributed by atoms with Crippen LogP contribution in [0.5, 0.6) is 0 Å². The second-order valence-electron chi connectivity index (χ2n) is 6.52. The van der Waals surface area contributed by atoms with Crippen LogP contribution in [0.2, 0.25) is 0 Å². The molecule has 3 atom stereocenters. The maximum atomic E-state index is 13.2. The first-order valence-electron chi connectivity index (χ1n) is 8.73. The van der Waals surface area contributed by atoms with E-state index in [1.807, 2.05) is 36.4 Å². The number of amides is 2. The van der Waals surface area contributed by atoms with E-state index in [9.17, 15) is 9.59 Å². The minimum atomic E-state index is -0.881. The third kappa shape index (κ3) is 2.38. The molecule has 27 heavy (non-hydrogen) atoms. The number of rotatable bonds is 3. The average molecular weight is 360 g/mol. The topological polar surface area (TPSA) is 63.0 Å². The van der Waals surface area contributed by atoms with Crippen LogP contribution < -0.4 is 9.96 Å². The molecule has 0 saturated carbocycles. The van der Waals surface area contributed by atoms with Gasteiger partial charge in [-0.1, -0.05) is 36.4 Å². The summed E-state index contributed by atoms with van der Waals surface area (Å²) in [6.07, 6.45) is 0.676. The van der Waals surface area contributed by atoms with E-state index in [2.05, 4.69) is 0 Å². The summed E-state index contributed by atoms with van der Waals surface area (Å²) in [6.45, 7) is 0. The van der Waals surface area contributed by atoms with Gasteiger partial charge in [0, 0.05) is 0 Å². The van der Waals surface area contributed by atoms with Gasteiger partial charge in [-0.3, -0.25) is 14.4 Å². The molecule has 2 saturated heterocycles. The van der Waals surface area contributed by atoms with Crippen LogP contribution in [0, 0.1) is 5.92 Å². The summed E-state index contributed by atoms with van der Waals surface area (Å²) in [4.78, 5) is 33.5. The monoisotopic (exact) mass is 360 g/mol. The fourth-order valence-corrected chi connectivity index (χ4v) is 3.79. The van der Waals surface area contributed by atoms with Gasteiger partial charge in [-0.2, -0.15) is 0 Å². The lowest BCUT2D eigenvalue weighted by Crippen LogP contribution is -2.37. The highest BCUT2D eigenvalue weighted by atomic mass is 16.7. The molecule has 6 nitrogen and oxygen atoms in total. The van der Waals surface area contributed by atoms with Crippen molar-refractivity contribution in [3.05, 3.63) is 84.8 Å². The maximum Gasteiger partial charge on any atom is 0.266 e. The van der Waals surface area contributed by atoms with E-state index in [-0.39, 0.29) is 11.8 Å². The van der Waals surface area contributed by atoms with Crippen LogP contribution in [0.4, 0.5) is 11.4 Å². The van der Waals surface area contributed by atoms with Gasteiger partial charge in [-0.05, 0) is 36.4 Å². The van der Waals surface area contributed by atoms with Crippen molar-refractivity contribution in [3.63, 3.8) is 0 Å². The Balaban J connectivity index is 1.58. The molecule has 2 amide bonds. The number of hydroxylamine groups is 1. The number of anilines is 2. The lowest BCUT2D eigenvalue weighted by atomic mass is 9.94. The Bertz CT molecular complexity index is 972. The van der Waals surface area contributed by atoms with E-state index >= 15 is 0 Å². The summed E-state index contributed by atoms with van der Waals surface area (Å²) in [5.74, 6) is -0.728. The standard InChI is InChI=1S/C21H16N2O4/c24-20-17-18(16-12-7-13-26-16)23(15-10-5-2-6-11-15)27-19(17)21(25)22(20)14-8-3-1-4-9-14/h1-13,17-19H/t17-,18+,19-/m0/s1. The van der Waals surface area contributed by atoms with Crippen molar-refractivity contribution >= 4 is 23.2 Å². The maximum absolute atomic E-state index is 13.2.